The van der Waals surface area contributed by atoms with Crippen LogP contribution in [0.15, 0.2) is 12.2 Å². The molecule has 0 bridgehead atoms. The van der Waals surface area contributed by atoms with Gasteiger partial charge in [-0.15, -0.1) is 0 Å². The van der Waals surface area contributed by atoms with Gasteiger partial charge in [0.2, 0.25) is 0 Å². The number of hydrogen-bond acceptors (Lipinski definition) is 6. The lowest BCUT2D eigenvalue weighted by Gasteiger charge is -2.36. The van der Waals surface area contributed by atoms with E-state index in [4.69, 9.17) is 9.47 Å². The van der Waals surface area contributed by atoms with Crippen LogP contribution in [0.4, 0.5) is 0 Å². The lowest BCUT2D eigenvalue weighted by atomic mass is 10.1. The van der Waals surface area contributed by atoms with Gasteiger partial charge >= 0.3 is 0 Å². The van der Waals surface area contributed by atoms with Gasteiger partial charge in [-0.1, -0.05) is 90.2 Å². The summed E-state index contributed by atoms with van der Waals surface area (Å²) in [6.45, 7) is 17.1. The molecule has 0 N–H and O–H groups in total. The van der Waals surface area contributed by atoms with Crippen LogP contribution in [0.2, 0.25) is 0 Å². The van der Waals surface area contributed by atoms with E-state index in [9.17, 15) is 0 Å². The van der Waals surface area contributed by atoms with Crippen LogP contribution in [0, 0.1) is 0 Å². The van der Waals surface area contributed by atoms with Crippen LogP contribution >= 0.6 is 0 Å². The topological polar surface area (TPSA) is 31.4 Å². The summed E-state index contributed by atoms with van der Waals surface area (Å²) < 4.78 is 11.0. The van der Waals surface area contributed by atoms with E-state index in [0.29, 0.717) is 0 Å². The zero-order valence-corrected chi connectivity index (χ0v) is 25.6. The molecule has 0 atom stereocenters. The fourth-order valence-corrected chi connectivity index (χ4v) is 5.79. The number of allylic oxidation sites excluding steroid dienone is 2. The monoisotopic (exact) mass is 537 g/mol. The minimum atomic E-state index is 0.890. The molecule has 6 heteroatoms. The van der Waals surface area contributed by atoms with Gasteiger partial charge in [0.1, 0.15) is 0 Å². The minimum Gasteiger partial charge on any atom is -0.379 e. The van der Waals surface area contributed by atoms with Crippen LogP contribution in [-0.2, 0) is 9.47 Å². The Labute approximate surface area is 237 Å². The van der Waals surface area contributed by atoms with Crippen molar-refractivity contribution in [2.45, 2.75) is 117 Å². The van der Waals surface area contributed by atoms with Crippen molar-refractivity contribution in [3.05, 3.63) is 12.2 Å². The van der Waals surface area contributed by atoms with Crippen LogP contribution < -0.4 is 0 Å². The summed E-state index contributed by atoms with van der Waals surface area (Å²) in [7, 11) is 0. The molecule has 2 fully saturated rings. The molecular weight excluding hydrogens is 472 g/mol. The highest BCUT2D eigenvalue weighted by Gasteiger charge is 2.17. The van der Waals surface area contributed by atoms with Crippen molar-refractivity contribution < 1.29 is 9.47 Å². The molecule has 2 heterocycles. The number of morpholine rings is 2. The van der Waals surface area contributed by atoms with E-state index in [1.807, 2.05) is 0 Å². The minimum absolute atomic E-state index is 0.890. The molecule has 38 heavy (non-hydrogen) atoms. The van der Waals surface area contributed by atoms with Gasteiger partial charge in [0.25, 0.3) is 0 Å². The predicted molar refractivity (Wildman–Crippen MR) is 162 cm³/mol. The Morgan fingerprint density at radius 1 is 0.474 bits per heavy atom. The standard InChI is InChI=1S/C32H64N4O2/c1-3-33(35-25-29-37-30-26-35)23-21-19-17-15-13-11-9-7-5-6-8-10-12-14-16-18-20-22-24-34(4-2)36-27-31-38-32-28-36/h5-6H,3-4,7-32H2,1-2H3/b6-5+. The number of hydrazine groups is 2. The first kappa shape index (κ1) is 33.7. The van der Waals surface area contributed by atoms with Crippen LogP contribution in [-0.4, -0.2) is 98.8 Å². The average molecular weight is 537 g/mol. The van der Waals surface area contributed by atoms with Crippen molar-refractivity contribution in [1.29, 1.82) is 0 Å². The fraction of sp³-hybridized carbons (Fsp3) is 0.938. The molecule has 2 aliphatic rings. The summed E-state index contributed by atoms with van der Waals surface area (Å²) in [5.41, 5.74) is 0. The van der Waals surface area contributed by atoms with Crippen LogP contribution in [0.5, 0.6) is 0 Å². The maximum absolute atomic E-state index is 5.48. The number of nitrogens with zero attached hydrogens (tertiary/aromatic N) is 4. The summed E-state index contributed by atoms with van der Waals surface area (Å²) in [4.78, 5) is 0. The van der Waals surface area contributed by atoms with Gasteiger partial charge in [-0.25, -0.2) is 20.0 Å². The number of rotatable bonds is 24. The first-order valence-corrected chi connectivity index (χ1v) is 16.6. The molecule has 0 saturated carbocycles. The third-order valence-electron chi connectivity index (χ3n) is 8.25. The second kappa shape index (κ2) is 24.3. The normalized spacial score (nSPS) is 17.9. The van der Waals surface area contributed by atoms with E-state index >= 15 is 0 Å². The number of ether oxygens (including phenoxy) is 2. The first-order chi connectivity index (χ1) is 18.8. The van der Waals surface area contributed by atoms with E-state index in [1.54, 1.807) is 0 Å². The molecule has 0 amide bonds. The molecule has 0 aromatic carbocycles. The van der Waals surface area contributed by atoms with Crippen molar-refractivity contribution in [2.24, 2.45) is 0 Å². The molecule has 6 nitrogen and oxygen atoms in total. The maximum Gasteiger partial charge on any atom is 0.0608 e. The van der Waals surface area contributed by atoms with E-state index < -0.39 is 0 Å². The van der Waals surface area contributed by atoms with E-state index in [0.717, 1.165) is 65.7 Å². The van der Waals surface area contributed by atoms with Gasteiger partial charge in [0.15, 0.2) is 0 Å². The molecule has 0 radical (unpaired) electrons. The smallest absolute Gasteiger partial charge is 0.0608 e. The Morgan fingerprint density at radius 3 is 1.13 bits per heavy atom. The van der Waals surface area contributed by atoms with Gasteiger partial charge in [0.05, 0.1) is 26.4 Å². The Kier molecular flexibility index (Phi) is 21.6. The quantitative estimate of drug-likeness (QED) is 0.0983. The molecule has 0 spiro atoms. The maximum atomic E-state index is 5.48. The SMILES string of the molecule is CCN(CCCCCCCCC/C=C/CCCCCCCCCN(CC)N1CCOCC1)N1CCOCC1. The molecule has 0 aliphatic carbocycles. The lowest BCUT2D eigenvalue weighted by Crippen LogP contribution is -2.49. The fourth-order valence-electron chi connectivity index (χ4n) is 5.79. The van der Waals surface area contributed by atoms with Crippen molar-refractivity contribution in [3.63, 3.8) is 0 Å². The molecule has 0 unspecified atom stereocenters. The number of unbranched alkanes of at least 4 members (excludes halogenated alkanes) is 14. The van der Waals surface area contributed by atoms with Crippen LogP contribution in [0.25, 0.3) is 0 Å². The predicted octanol–water partition coefficient (Wildman–Crippen LogP) is 6.92. The highest BCUT2D eigenvalue weighted by Crippen LogP contribution is 2.13. The zero-order chi connectivity index (χ0) is 26.9. The second-order valence-corrected chi connectivity index (χ2v) is 11.2. The van der Waals surface area contributed by atoms with Gasteiger partial charge < -0.3 is 9.47 Å². The van der Waals surface area contributed by atoms with Gasteiger partial charge in [-0.2, -0.15) is 0 Å². The average Bonchev–Trinajstić information content (AvgIpc) is 2.97. The third-order valence-corrected chi connectivity index (χ3v) is 8.25. The van der Waals surface area contributed by atoms with Crippen molar-refractivity contribution in [1.82, 2.24) is 20.0 Å². The Hall–Kier alpha value is -0.500. The van der Waals surface area contributed by atoms with Crippen molar-refractivity contribution >= 4 is 0 Å². The third kappa shape index (κ3) is 16.6. The van der Waals surface area contributed by atoms with E-state index in [1.165, 1.54) is 116 Å². The Morgan fingerprint density at radius 2 is 0.789 bits per heavy atom. The summed E-state index contributed by atoms with van der Waals surface area (Å²) in [6.07, 6.45) is 26.9. The summed E-state index contributed by atoms with van der Waals surface area (Å²) in [5, 5.41) is 10.1. The molecular formula is C32H64N4O2. The van der Waals surface area contributed by atoms with E-state index in [-0.39, 0.29) is 0 Å². The first-order valence-electron chi connectivity index (χ1n) is 16.6. The number of hydrogen-bond donors (Lipinski definition) is 0. The van der Waals surface area contributed by atoms with E-state index in [2.05, 4.69) is 46.0 Å². The lowest BCUT2D eigenvalue weighted by molar-refractivity contribution is -0.0880. The summed E-state index contributed by atoms with van der Waals surface area (Å²) in [5.74, 6) is 0. The van der Waals surface area contributed by atoms with Crippen molar-refractivity contribution in [3.8, 4) is 0 Å². The van der Waals surface area contributed by atoms with Gasteiger partial charge in [-0.3, -0.25) is 0 Å². The highest BCUT2D eigenvalue weighted by atomic mass is 16.5. The molecule has 2 aliphatic heterocycles. The Bertz CT molecular complexity index is 490. The van der Waals surface area contributed by atoms with Crippen LogP contribution in [0.1, 0.15) is 117 Å². The van der Waals surface area contributed by atoms with Crippen molar-refractivity contribution in [2.75, 3.05) is 78.8 Å². The largest absolute Gasteiger partial charge is 0.379 e. The molecule has 224 valence electrons. The molecule has 2 saturated heterocycles. The van der Waals surface area contributed by atoms with Crippen LogP contribution in [0.3, 0.4) is 0 Å². The Balaban J connectivity index is 1.27. The highest BCUT2D eigenvalue weighted by molar-refractivity contribution is 4.81. The van der Waals surface area contributed by atoms with Gasteiger partial charge in [-0.05, 0) is 38.5 Å². The second-order valence-electron chi connectivity index (χ2n) is 11.2. The summed E-state index contributed by atoms with van der Waals surface area (Å²) >= 11 is 0. The molecule has 2 rings (SSSR count). The van der Waals surface area contributed by atoms with Gasteiger partial charge in [0, 0.05) is 52.4 Å². The molecule has 0 aromatic heterocycles. The summed E-state index contributed by atoms with van der Waals surface area (Å²) in [6, 6.07) is 0. The zero-order valence-electron chi connectivity index (χ0n) is 25.6. The molecule has 0 aromatic rings.